The van der Waals surface area contributed by atoms with Gasteiger partial charge in [0.1, 0.15) is 23.3 Å². The minimum atomic E-state index is -5.03. The molecule has 0 bridgehead atoms. The molecule has 0 N–H and O–H groups in total. The maximum absolute atomic E-state index is 12.9. The average Bonchev–Trinajstić information content (AvgIpc) is 3.04. The molecular formula is C38H61NaO7S. The molecule has 0 saturated heterocycles. The van der Waals surface area contributed by atoms with E-state index >= 15 is 0 Å². The quantitative estimate of drug-likeness (QED) is 0.0280. The molecule has 0 aromatic heterocycles. The van der Waals surface area contributed by atoms with Crippen molar-refractivity contribution in [1.82, 2.24) is 0 Å². The van der Waals surface area contributed by atoms with Crippen molar-refractivity contribution in [1.29, 1.82) is 0 Å². The first-order valence-electron chi connectivity index (χ1n) is 18.1. The van der Waals surface area contributed by atoms with Gasteiger partial charge < -0.3 is 14.0 Å². The van der Waals surface area contributed by atoms with Crippen molar-refractivity contribution in [3.8, 4) is 0 Å². The molecule has 1 aromatic carbocycles. The Bertz CT molecular complexity index is 1120. The smallest absolute Gasteiger partial charge is 0.744 e. The molecule has 1 aromatic rings. The van der Waals surface area contributed by atoms with Gasteiger partial charge in [-0.05, 0) is 37.8 Å². The number of rotatable bonds is 29. The van der Waals surface area contributed by atoms with Gasteiger partial charge in [0.15, 0.2) is 0 Å². The molecule has 1 rings (SSSR count). The summed E-state index contributed by atoms with van der Waals surface area (Å²) in [7, 11) is -5.03. The number of carbonyl (C=O) groups excluding carboxylic acids is 2. The van der Waals surface area contributed by atoms with Crippen molar-refractivity contribution in [2.24, 2.45) is 0 Å². The normalized spacial score (nSPS) is 11.6. The molecule has 47 heavy (non-hydrogen) atoms. The summed E-state index contributed by atoms with van der Waals surface area (Å²) in [5.74, 6) is -1.94. The molecule has 7 nitrogen and oxygen atoms in total. The van der Waals surface area contributed by atoms with E-state index in [9.17, 15) is 22.6 Å². The third-order valence-electron chi connectivity index (χ3n) is 8.12. The van der Waals surface area contributed by atoms with Gasteiger partial charge in [0.05, 0.1) is 16.0 Å². The SMILES string of the molecule is CCCCCCCCCCCC/C=C/COC(=O)c1cccc(S(=O)(=O)[O-])c1C(=O)OC/C=C/CCCCCCCCCCCC.[Na+]. The largest absolute Gasteiger partial charge is 1.00 e. The third-order valence-corrected chi connectivity index (χ3v) is 9.00. The van der Waals surface area contributed by atoms with Crippen LogP contribution in [0.15, 0.2) is 47.4 Å². The second-order valence-corrected chi connectivity index (χ2v) is 13.6. The van der Waals surface area contributed by atoms with Crippen molar-refractivity contribution < 1.29 is 61.6 Å². The molecule has 0 saturated carbocycles. The summed E-state index contributed by atoms with van der Waals surface area (Å²) in [5, 5.41) is 0. The van der Waals surface area contributed by atoms with E-state index in [1.165, 1.54) is 115 Å². The monoisotopic (exact) mass is 684 g/mol. The van der Waals surface area contributed by atoms with Crippen LogP contribution in [-0.4, -0.2) is 38.1 Å². The zero-order valence-electron chi connectivity index (χ0n) is 29.8. The Kier molecular flexibility index (Phi) is 29.7. The minimum absolute atomic E-state index is 0. The molecule has 9 heteroatoms. The van der Waals surface area contributed by atoms with Crippen LogP contribution in [0.25, 0.3) is 0 Å². The molecule has 0 unspecified atom stereocenters. The van der Waals surface area contributed by atoms with Crippen LogP contribution in [0.5, 0.6) is 0 Å². The molecule has 0 atom stereocenters. The summed E-state index contributed by atoms with van der Waals surface area (Å²) in [6, 6.07) is 3.51. The van der Waals surface area contributed by atoms with Crippen molar-refractivity contribution >= 4 is 22.1 Å². The van der Waals surface area contributed by atoms with Crippen LogP contribution in [0.2, 0.25) is 0 Å². The van der Waals surface area contributed by atoms with Gasteiger partial charge >= 0.3 is 41.5 Å². The Morgan fingerprint density at radius 2 is 0.979 bits per heavy atom. The molecule has 0 fully saturated rings. The van der Waals surface area contributed by atoms with Crippen LogP contribution in [0.1, 0.15) is 176 Å². The molecule has 0 aliphatic heterocycles. The van der Waals surface area contributed by atoms with E-state index in [0.29, 0.717) is 0 Å². The number of benzene rings is 1. The van der Waals surface area contributed by atoms with E-state index < -0.39 is 32.5 Å². The maximum Gasteiger partial charge on any atom is 1.00 e. The third kappa shape index (κ3) is 23.5. The molecule has 0 amide bonds. The Hall–Kier alpha value is -1.45. The van der Waals surface area contributed by atoms with Crippen molar-refractivity contribution in [3.63, 3.8) is 0 Å². The Labute approximate surface area is 308 Å². The van der Waals surface area contributed by atoms with Gasteiger partial charge in [-0.25, -0.2) is 18.0 Å². The fraction of sp³-hybridized carbons (Fsp3) is 0.684. The first-order valence-corrected chi connectivity index (χ1v) is 19.5. The number of hydrogen-bond donors (Lipinski definition) is 0. The summed E-state index contributed by atoms with van der Waals surface area (Å²) in [5.41, 5.74) is -0.890. The average molecular weight is 685 g/mol. The fourth-order valence-corrected chi connectivity index (χ4v) is 6.08. The maximum atomic E-state index is 12.9. The standard InChI is InChI=1S/C38H62O7S.Na/c1-3-5-7-9-11-13-15-17-19-21-23-25-27-32-44-37(39)34-30-29-31-35(46(41,42)43)36(34)38(40)45-33-28-26-24-22-20-18-16-14-12-10-8-6-4-2;/h25-31H,3-24,32-33H2,1-2H3,(H,41,42,43);/q;+1/p-1/b27-25+,28-26+;. The van der Waals surface area contributed by atoms with E-state index in [2.05, 4.69) is 13.8 Å². The van der Waals surface area contributed by atoms with Gasteiger partial charge in [-0.1, -0.05) is 160 Å². The summed E-state index contributed by atoms with van der Waals surface area (Å²) in [6.07, 6.45) is 34.2. The molecular weight excluding hydrogens is 623 g/mol. The van der Waals surface area contributed by atoms with Gasteiger partial charge in [-0.3, -0.25) is 0 Å². The van der Waals surface area contributed by atoms with Crippen LogP contribution >= 0.6 is 0 Å². The van der Waals surface area contributed by atoms with E-state index in [0.717, 1.165) is 44.6 Å². The molecule has 0 spiro atoms. The van der Waals surface area contributed by atoms with Gasteiger partial charge in [-0.15, -0.1) is 0 Å². The van der Waals surface area contributed by atoms with Gasteiger partial charge in [0.2, 0.25) is 0 Å². The van der Waals surface area contributed by atoms with Crippen LogP contribution < -0.4 is 29.6 Å². The predicted octanol–water partition coefficient (Wildman–Crippen LogP) is 7.64. The number of ether oxygens (including phenoxy) is 2. The second-order valence-electron chi connectivity index (χ2n) is 12.2. The van der Waals surface area contributed by atoms with E-state index in [1.807, 2.05) is 12.2 Å². The van der Waals surface area contributed by atoms with Crippen LogP contribution in [-0.2, 0) is 19.6 Å². The number of hydrogen-bond acceptors (Lipinski definition) is 7. The van der Waals surface area contributed by atoms with Crippen molar-refractivity contribution in [3.05, 3.63) is 53.6 Å². The predicted molar refractivity (Wildman–Crippen MR) is 186 cm³/mol. The van der Waals surface area contributed by atoms with Gasteiger partial charge in [0, 0.05) is 0 Å². The molecule has 0 radical (unpaired) electrons. The first-order chi connectivity index (χ1) is 22.3. The Morgan fingerprint density at radius 3 is 1.38 bits per heavy atom. The van der Waals surface area contributed by atoms with E-state index in [-0.39, 0.29) is 48.3 Å². The summed E-state index contributed by atoms with van der Waals surface area (Å²) < 4.78 is 46.2. The molecule has 262 valence electrons. The number of unbranched alkanes of at least 4 members (excludes halogenated alkanes) is 20. The number of carbonyl (C=O) groups is 2. The van der Waals surface area contributed by atoms with Crippen LogP contribution in [0.4, 0.5) is 0 Å². The van der Waals surface area contributed by atoms with E-state index in [1.54, 1.807) is 12.2 Å². The van der Waals surface area contributed by atoms with Crippen LogP contribution in [0.3, 0.4) is 0 Å². The van der Waals surface area contributed by atoms with Crippen molar-refractivity contribution in [2.75, 3.05) is 13.2 Å². The summed E-state index contributed by atoms with van der Waals surface area (Å²) in [6.45, 7) is 4.34. The zero-order valence-corrected chi connectivity index (χ0v) is 32.6. The molecule has 0 aliphatic carbocycles. The van der Waals surface area contributed by atoms with Gasteiger partial charge in [0.25, 0.3) is 0 Å². The summed E-state index contributed by atoms with van der Waals surface area (Å²) >= 11 is 0. The van der Waals surface area contributed by atoms with E-state index in [4.69, 9.17) is 9.47 Å². The number of allylic oxidation sites excluding steroid dienone is 2. The minimum Gasteiger partial charge on any atom is -0.744 e. The second kappa shape index (κ2) is 30.6. The summed E-state index contributed by atoms with van der Waals surface area (Å²) in [4.78, 5) is 24.9. The topological polar surface area (TPSA) is 110 Å². The van der Waals surface area contributed by atoms with Crippen LogP contribution in [0, 0.1) is 0 Å². The number of esters is 2. The van der Waals surface area contributed by atoms with Gasteiger partial charge in [-0.2, -0.15) is 0 Å². The Balaban J connectivity index is 0.0000212. The van der Waals surface area contributed by atoms with Crippen molar-refractivity contribution in [2.45, 2.75) is 160 Å². The Morgan fingerprint density at radius 1 is 0.596 bits per heavy atom. The molecule has 0 aliphatic rings. The molecule has 0 heterocycles. The zero-order chi connectivity index (χ0) is 33.7. The first kappa shape index (κ1) is 45.6. The fourth-order valence-electron chi connectivity index (χ4n) is 5.39.